The van der Waals surface area contributed by atoms with Crippen molar-refractivity contribution in [3.8, 4) is 5.75 Å². The molecule has 0 aliphatic rings. The van der Waals surface area contributed by atoms with Crippen LogP contribution in [0.15, 0.2) is 53.6 Å². The molecular weight excluding hydrogens is 283 g/mol. The second kappa shape index (κ2) is 7.93. The van der Waals surface area contributed by atoms with E-state index >= 15 is 0 Å². The molecule has 0 fully saturated rings. The fraction of sp³-hybridized carbons (Fsp3) is 0.176. The zero-order valence-electron chi connectivity index (χ0n) is 12.3. The Morgan fingerprint density at radius 3 is 2.68 bits per heavy atom. The van der Waals surface area contributed by atoms with E-state index in [1.807, 2.05) is 31.2 Å². The minimum absolute atomic E-state index is 0.342. The fourth-order valence-electron chi connectivity index (χ4n) is 1.76. The van der Waals surface area contributed by atoms with E-state index in [0.29, 0.717) is 17.9 Å². The predicted octanol–water partition coefficient (Wildman–Crippen LogP) is 3.38. The summed E-state index contributed by atoms with van der Waals surface area (Å²) in [5, 5.41) is 3.91. The molecule has 0 radical (unpaired) electrons. The molecule has 0 saturated carbocycles. The average Bonchev–Trinajstić information content (AvgIpc) is 2.54. The molecule has 0 aliphatic heterocycles. The topological polar surface area (TPSA) is 50.7 Å². The maximum Gasteiger partial charge on any atom is 0.271 e. The predicted molar refractivity (Wildman–Crippen MR) is 83.7 cm³/mol. The normalized spacial score (nSPS) is 10.6. The molecule has 1 amide bonds. The Kier molecular flexibility index (Phi) is 5.65. The third-order valence-corrected chi connectivity index (χ3v) is 2.86. The molecule has 114 valence electrons. The molecule has 2 rings (SSSR count). The Balaban J connectivity index is 2.00. The molecule has 0 unspecified atom stereocenters. The molecule has 22 heavy (non-hydrogen) atoms. The van der Waals surface area contributed by atoms with E-state index in [4.69, 9.17) is 4.74 Å². The summed E-state index contributed by atoms with van der Waals surface area (Å²) >= 11 is 0. The van der Waals surface area contributed by atoms with Crippen LogP contribution in [0.1, 0.15) is 29.3 Å². The van der Waals surface area contributed by atoms with E-state index in [1.165, 1.54) is 30.5 Å². The number of halogens is 1. The Bertz CT molecular complexity index is 654. The third-order valence-electron chi connectivity index (χ3n) is 2.86. The van der Waals surface area contributed by atoms with Crippen molar-refractivity contribution in [3.63, 3.8) is 0 Å². The molecule has 2 aromatic carbocycles. The number of hydrogen-bond donors (Lipinski definition) is 1. The maximum absolute atomic E-state index is 12.8. The lowest BCUT2D eigenvalue weighted by molar-refractivity contribution is 0.0955. The van der Waals surface area contributed by atoms with Crippen LogP contribution in [0, 0.1) is 5.82 Å². The number of benzene rings is 2. The minimum atomic E-state index is -0.400. The number of carbonyl (C=O) groups excluding carboxylic acids is 1. The average molecular weight is 300 g/mol. The molecule has 0 atom stereocenters. The highest BCUT2D eigenvalue weighted by Gasteiger charge is 2.04. The van der Waals surface area contributed by atoms with Crippen molar-refractivity contribution in [1.29, 1.82) is 0 Å². The summed E-state index contributed by atoms with van der Waals surface area (Å²) in [5.74, 6) is -0.0746. The van der Waals surface area contributed by atoms with Crippen molar-refractivity contribution in [3.05, 3.63) is 65.5 Å². The molecule has 0 heterocycles. The minimum Gasteiger partial charge on any atom is -0.493 e. The lowest BCUT2D eigenvalue weighted by Gasteiger charge is -2.07. The van der Waals surface area contributed by atoms with Crippen LogP contribution in [-0.4, -0.2) is 18.7 Å². The van der Waals surface area contributed by atoms with E-state index in [-0.39, 0.29) is 5.82 Å². The lowest BCUT2D eigenvalue weighted by atomic mass is 10.2. The first kappa shape index (κ1) is 15.7. The van der Waals surface area contributed by atoms with Gasteiger partial charge in [0.15, 0.2) is 0 Å². The zero-order valence-corrected chi connectivity index (χ0v) is 12.3. The van der Waals surface area contributed by atoms with Gasteiger partial charge in [0.2, 0.25) is 0 Å². The fourth-order valence-corrected chi connectivity index (χ4v) is 1.76. The summed E-state index contributed by atoms with van der Waals surface area (Å²) in [6, 6.07) is 12.7. The van der Waals surface area contributed by atoms with Gasteiger partial charge in [0.05, 0.1) is 12.8 Å². The number of nitrogens with zero attached hydrogens (tertiary/aromatic N) is 1. The van der Waals surface area contributed by atoms with Gasteiger partial charge >= 0.3 is 0 Å². The molecule has 0 saturated heterocycles. The van der Waals surface area contributed by atoms with Crippen molar-refractivity contribution < 1.29 is 13.9 Å². The molecule has 5 heteroatoms. The van der Waals surface area contributed by atoms with Gasteiger partial charge in [-0.3, -0.25) is 4.79 Å². The largest absolute Gasteiger partial charge is 0.493 e. The Morgan fingerprint density at radius 2 is 1.95 bits per heavy atom. The van der Waals surface area contributed by atoms with Crippen LogP contribution in [0.5, 0.6) is 5.75 Å². The molecule has 2 aromatic rings. The van der Waals surface area contributed by atoms with Gasteiger partial charge in [-0.1, -0.05) is 19.1 Å². The maximum atomic E-state index is 12.8. The summed E-state index contributed by atoms with van der Waals surface area (Å²) in [5.41, 5.74) is 3.52. The number of rotatable bonds is 6. The van der Waals surface area contributed by atoms with Gasteiger partial charge in [0.1, 0.15) is 11.6 Å². The van der Waals surface area contributed by atoms with Crippen LogP contribution in [-0.2, 0) is 0 Å². The Labute approximate surface area is 128 Å². The van der Waals surface area contributed by atoms with Crippen LogP contribution in [0.3, 0.4) is 0 Å². The molecule has 0 bridgehead atoms. The standard InChI is InChI=1S/C17H17FN2O2/c1-2-11-22-16-6-4-3-5-14(16)12-19-20-17(21)13-7-9-15(18)10-8-13/h3-10,12H,2,11H2,1H3,(H,20,21)/b19-12-. The monoisotopic (exact) mass is 300 g/mol. The van der Waals surface area contributed by atoms with Crippen LogP contribution in [0.4, 0.5) is 4.39 Å². The van der Waals surface area contributed by atoms with Crippen molar-refractivity contribution in [2.24, 2.45) is 5.10 Å². The molecule has 0 aromatic heterocycles. The first-order chi connectivity index (χ1) is 10.7. The highest BCUT2D eigenvalue weighted by atomic mass is 19.1. The number of hydrazone groups is 1. The van der Waals surface area contributed by atoms with Gasteiger partial charge in [0.25, 0.3) is 5.91 Å². The van der Waals surface area contributed by atoms with Crippen molar-refractivity contribution in [2.45, 2.75) is 13.3 Å². The van der Waals surface area contributed by atoms with E-state index < -0.39 is 5.91 Å². The number of ether oxygens (including phenoxy) is 1. The highest BCUT2D eigenvalue weighted by molar-refractivity contribution is 5.95. The van der Waals surface area contributed by atoms with Gasteiger partial charge in [-0.05, 0) is 42.8 Å². The van der Waals surface area contributed by atoms with Gasteiger partial charge in [-0.25, -0.2) is 9.82 Å². The molecule has 0 spiro atoms. The second-order valence-corrected chi connectivity index (χ2v) is 4.59. The summed E-state index contributed by atoms with van der Waals surface area (Å²) in [4.78, 5) is 11.8. The first-order valence-corrected chi connectivity index (χ1v) is 7.01. The van der Waals surface area contributed by atoms with Crippen LogP contribution in [0.2, 0.25) is 0 Å². The lowest BCUT2D eigenvalue weighted by Crippen LogP contribution is -2.17. The van der Waals surface area contributed by atoms with E-state index in [9.17, 15) is 9.18 Å². The highest BCUT2D eigenvalue weighted by Crippen LogP contribution is 2.15. The van der Waals surface area contributed by atoms with Crippen molar-refractivity contribution >= 4 is 12.1 Å². The smallest absolute Gasteiger partial charge is 0.271 e. The number of para-hydroxylation sites is 1. The SMILES string of the molecule is CCCOc1ccccc1/C=N\NC(=O)c1ccc(F)cc1. The number of hydrogen-bond acceptors (Lipinski definition) is 3. The summed E-state index contributed by atoms with van der Waals surface area (Å²) in [6.45, 7) is 2.65. The van der Waals surface area contributed by atoms with Gasteiger partial charge in [0, 0.05) is 11.1 Å². The molecule has 0 aliphatic carbocycles. The second-order valence-electron chi connectivity index (χ2n) is 4.59. The number of nitrogens with one attached hydrogen (secondary N) is 1. The van der Waals surface area contributed by atoms with Crippen LogP contribution < -0.4 is 10.2 Å². The number of carbonyl (C=O) groups is 1. The van der Waals surface area contributed by atoms with E-state index in [0.717, 1.165) is 12.0 Å². The first-order valence-electron chi connectivity index (χ1n) is 7.01. The zero-order chi connectivity index (χ0) is 15.8. The Morgan fingerprint density at radius 1 is 1.23 bits per heavy atom. The summed E-state index contributed by atoms with van der Waals surface area (Å²) < 4.78 is 18.4. The summed E-state index contributed by atoms with van der Waals surface area (Å²) in [6.07, 6.45) is 2.43. The third kappa shape index (κ3) is 4.41. The van der Waals surface area contributed by atoms with Gasteiger partial charge in [-0.15, -0.1) is 0 Å². The quantitative estimate of drug-likeness (QED) is 0.657. The molecule has 1 N–H and O–H groups in total. The van der Waals surface area contributed by atoms with E-state index in [1.54, 1.807) is 0 Å². The van der Waals surface area contributed by atoms with E-state index in [2.05, 4.69) is 10.5 Å². The Hall–Kier alpha value is -2.69. The van der Waals surface area contributed by atoms with Gasteiger partial charge in [-0.2, -0.15) is 5.10 Å². The van der Waals surface area contributed by atoms with Crippen molar-refractivity contribution in [1.82, 2.24) is 5.43 Å². The molecule has 4 nitrogen and oxygen atoms in total. The van der Waals surface area contributed by atoms with Crippen LogP contribution in [0.25, 0.3) is 0 Å². The van der Waals surface area contributed by atoms with Crippen LogP contribution >= 0.6 is 0 Å². The number of amides is 1. The van der Waals surface area contributed by atoms with Gasteiger partial charge < -0.3 is 4.74 Å². The molecular formula is C17H17FN2O2. The summed E-state index contributed by atoms with van der Waals surface area (Å²) in [7, 11) is 0. The van der Waals surface area contributed by atoms with Crippen molar-refractivity contribution in [2.75, 3.05) is 6.61 Å².